The summed E-state index contributed by atoms with van der Waals surface area (Å²) in [6.07, 6.45) is 3.98. The zero-order valence-electron chi connectivity index (χ0n) is 16.1. The van der Waals surface area contributed by atoms with Gasteiger partial charge in [0.25, 0.3) is 0 Å². The molecule has 0 radical (unpaired) electrons. The highest BCUT2D eigenvalue weighted by Gasteiger charge is 2.21. The molecule has 0 saturated carbocycles. The van der Waals surface area contributed by atoms with Crippen molar-refractivity contribution >= 4 is 6.08 Å². The quantitative estimate of drug-likeness (QED) is 0.695. The molecule has 2 N–H and O–H groups in total. The highest BCUT2D eigenvalue weighted by atomic mass is 16.5. The number of aromatic nitrogens is 1. The van der Waals surface area contributed by atoms with Gasteiger partial charge < -0.3 is 19.6 Å². The van der Waals surface area contributed by atoms with Crippen molar-refractivity contribution in [2.75, 3.05) is 13.7 Å². The first-order chi connectivity index (χ1) is 13.7. The van der Waals surface area contributed by atoms with E-state index in [1.54, 1.807) is 7.11 Å². The molecule has 5 heteroatoms. The van der Waals surface area contributed by atoms with Crippen molar-refractivity contribution in [3.8, 4) is 11.5 Å². The van der Waals surface area contributed by atoms with Crippen molar-refractivity contribution in [1.82, 2.24) is 4.98 Å². The highest BCUT2D eigenvalue weighted by molar-refractivity contribution is 5.50. The number of fused-ring (bicyclic) bond motifs is 1. The fourth-order valence-corrected chi connectivity index (χ4v) is 3.49. The standard InChI is InChI=1S/C23H24N2O3/c1-15-8-10-16(11-9-15)14-28-20-7-3-5-18(22(20)27-2)21(26)19-13-25-23-17(19)6-4-12-24-23/h3,5-11,13,21,26H,4,12,14H2,1-2H3,(H,24,25). The van der Waals surface area contributed by atoms with E-state index >= 15 is 0 Å². The van der Waals surface area contributed by atoms with Crippen LogP contribution in [0, 0.1) is 6.92 Å². The van der Waals surface area contributed by atoms with Crippen LogP contribution >= 0.6 is 0 Å². The summed E-state index contributed by atoms with van der Waals surface area (Å²) in [5, 5.41) is 12.0. The van der Waals surface area contributed by atoms with Gasteiger partial charge in [0.15, 0.2) is 11.5 Å². The Morgan fingerprint density at radius 3 is 2.75 bits per heavy atom. The van der Waals surface area contributed by atoms with Crippen molar-refractivity contribution < 1.29 is 14.6 Å². The zero-order chi connectivity index (χ0) is 19.5. The summed E-state index contributed by atoms with van der Waals surface area (Å²) in [5.41, 5.74) is 4.59. The van der Waals surface area contributed by atoms with Crippen LogP contribution < -0.4 is 20.2 Å². The van der Waals surface area contributed by atoms with Crippen LogP contribution in [-0.4, -0.2) is 23.7 Å². The van der Waals surface area contributed by atoms with E-state index < -0.39 is 6.10 Å². The molecule has 144 valence electrons. The van der Waals surface area contributed by atoms with Crippen molar-refractivity contribution in [3.63, 3.8) is 0 Å². The summed E-state index contributed by atoms with van der Waals surface area (Å²) in [5.74, 6) is 1.16. The second-order valence-corrected chi connectivity index (χ2v) is 6.94. The largest absolute Gasteiger partial charge is 0.492 e. The van der Waals surface area contributed by atoms with Gasteiger partial charge in [0.05, 0.1) is 7.11 Å². The second-order valence-electron chi connectivity index (χ2n) is 6.94. The molecule has 0 aliphatic carbocycles. The first-order valence-electron chi connectivity index (χ1n) is 9.42. The van der Waals surface area contributed by atoms with Crippen molar-refractivity contribution in [1.29, 1.82) is 0 Å². The number of methoxy groups -OCH3 is 1. The molecule has 1 aliphatic heterocycles. The normalized spacial score (nSPS) is 13.8. The van der Waals surface area contributed by atoms with E-state index in [0.717, 1.165) is 34.8 Å². The molecule has 3 aromatic rings. The molecule has 2 heterocycles. The number of aryl methyl sites for hydroxylation is 1. The molecule has 0 amide bonds. The van der Waals surface area contributed by atoms with E-state index in [9.17, 15) is 5.11 Å². The minimum absolute atomic E-state index is 0.433. The van der Waals surface area contributed by atoms with Crippen molar-refractivity contribution in [2.24, 2.45) is 4.99 Å². The Morgan fingerprint density at radius 1 is 1.14 bits per heavy atom. The smallest absolute Gasteiger partial charge is 0.166 e. The molecule has 0 fully saturated rings. The lowest BCUT2D eigenvalue weighted by atomic mass is 10.0. The van der Waals surface area contributed by atoms with E-state index in [1.807, 2.05) is 36.5 Å². The van der Waals surface area contributed by atoms with E-state index in [0.29, 0.717) is 23.7 Å². The molecule has 0 spiro atoms. The van der Waals surface area contributed by atoms with E-state index in [4.69, 9.17) is 9.47 Å². The first kappa shape index (κ1) is 18.3. The van der Waals surface area contributed by atoms with E-state index in [2.05, 4.69) is 35.1 Å². The molecule has 5 nitrogen and oxygen atoms in total. The topological polar surface area (TPSA) is 66.8 Å². The number of H-pyrrole nitrogens is 1. The Morgan fingerprint density at radius 2 is 1.96 bits per heavy atom. The van der Waals surface area contributed by atoms with Crippen LogP contribution in [0.4, 0.5) is 0 Å². The average molecular weight is 376 g/mol. The molecular weight excluding hydrogens is 352 g/mol. The fraction of sp³-hybridized carbons (Fsp3) is 0.261. The van der Waals surface area contributed by atoms with Gasteiger partial charge in [-0.1, -0.05) is 48.0 Å². The monoisotopic (exact) mass is 376 g/mol. The summed E-state index contributed by atoms with van der Waals surface area (Å²) < 4.78 is 11.6. The summed E-state index contributed by atoms with van der Waals surface area (Å²) in [4.78, 5) is 7.62. The number of aromatic amines is 1. The van der Waals surface area contributed by atoms with Gasteiger partial charge in [0, 0.05) is 29.1 Å². The second kappa shape index (κ2) is 7.90. The maximum atomic E-state index is 11.1. The SMILES string of the molecule is COc1c(OCc2ccc(C)cc2)cccc1C(O)c1c[nH]c2c1=CCCN=2. The third-order valence-corrected chi connectivity index (χ3v) is 5.00. The number of hydrogen-bond donors (Lipinski definition) is 2. The summed E-state index contributed by atoms with van der Waals surface area (Å²) in [6, 6.07) is 13.8. The van der Waals surface area contributed by atoms with Gasteiger partial charge in [-0.25, -0.2) is 0 Å². The third-order valence-electron chi connectivity index (χ3n) is 5.00. The Balaban J connectivity index is 1.64. The molecule has 1 unspecified atom stereocenters. The number of ether oxygens (including phenoxy) is 2. The maximum Gasteiger partial charge on any atom is 0.166 e. The van der Waals surface area contributed by atoms with Crippen molar-refractivity contribution in [2.45, 2.75) is 26.1 Å². The number of nitrogens with zero attached hydrogens (tertiary/aromatic N) is 1. The summed E-state index contributed by atoms with van der Waals surface area (Å²) in [6.45, 7) is 3.26. The van der Waals surface area contributed by atoms with Gasteiger partial charge in [-0.15, -0.1) is 0 Å². The lowest BCUT2D eigenvalue weighted by Gasteiger charge is -2.18. The number of benzene rings is 2. The Bertz CT molecular complexity index is 1080. The minimum Gasteiger partial charge on any atom is -0.492 e. The van der Waals surface area contributed by atoms with Crippen molar-refractivity contribution in [3.05, 3.63) is 81.6 Å². The molecular formula is C23H24N2O3. The molecule has 0 saturated heterocycles. The van der Waals surface area contributed by atoms with E-state index in [1.165, 1.54) is 5.56 Å². The number of para-hydroxylation sites is 1. The summed E-state index contributed by atoms with van der Waals surface area (Å²) in [7, 11) is 1.60. The van der Waals surface area contributed by atoms with Gasteiger partial charge in [-0.2, -0.15) is 0 Å². The molecule has 0 bridgehead atoms. The lowest BCUT2D eigenvalue weighted by Crippen LogP contribution is -2.29. The van der Waals surface area contributed by atoms with E-state index in [-0.39, 0.29) is 0 Å². The number of rotatable bonds is 6. The number of aliphatic hydroxyl groups is 1. The molecule has 4 rings (SSSR count). The van der Waals surface area contributed by atoms with Crippen LogP contribution in [0.2, 0.25) is 0 Å². The highest BCUT2D eigenvalue weighted by Crippen LogP contribution is 2.37. The lowest BCUT2D eigenvalue weighted by molar-refractivity contribution is 0.210. The number of nitrogens with one attached hydrogen (secondary N) is 1. The Hall–Kier alpha value is -3.05. The predicted octanol–water partition coefficient (Wildman–Crippen LogP) is 2.80. The molecule has 28 heavy (non-hydrogen) atoms. The predicted molar refractivity (Wildman–Crippen MR) is 108 cm³/mol. The van der Waals surface area contributed by atoms with Crippen LogP contribution in [0.1, 0.15) is 34.8 Å². The fourth-order valence-electron chi connectivity index (χ4n) is 3.49. The third kappa shape index (κ3) is 3.53. The zero-order valence-corrected chi connectivity index (χ0v) is 16.1. The number of aliphatic hydroxyl groups excluding tert-OH is 1. The van der Waals surface area contributed by atoms with Gasteiger partial charge >= 0.3 is 0 Å². The first-order valence-corrected chi connectivity index (χ1v) is 9.42. The molecule has 1 aliphatic rings. The van der Waals surface area contributed by atoms with Gasteiger partial charge in [0.1, 0.15) is 18.2 Å². The number of hydrogen-bond acceptors (Lipinski definition) is 4. The molecule has 1 atom stereocenters. The average Bonchev–Trinajstić information content (AvgIpc) is 3.16. The maximum absolute atomic E-state index is 11.1. The molecule has 2 aromatic carbocycles. The summed E-state index contributed by atoms with van der Waals surface area (Å²) >= 11 is 0. The van der Waals surface area contributed by atoms with Crippen LogP contribution in [0.25, 0.3) is 6.08 Å². The van der Waals surface area contributed by atoms with Gasteiger partial charge in [-0.3, -0.25) is 4.99 Å². The van der Waals surface area contributed by atoms with Crippen LogP contribution in [0.3, 0.4) is 0 Å². The minimum atomic E-state index is -0.831. The van der Waals surface area contributed by atoms with Crippen LogP contribution in [-0.2, 0) is 6.61 Å². The molecule has 1 aromatic heterocycles. The van der Waals surface area contributed by atoms with Crippen LogP contribution in [0.15, 0.2) is 53.7 Å². The van der Waals surface area contributed by atoms with Gasteiger partial charge in [0.2, 0.25) is 0 Å². The van der Waals surface area contributed by atoms with Gasteiger partial charge in [-0.05, 0) is 25.0 Å². The Labute approximate surface area is 164 Å². The Kier molecular flexibility index (Phi) is 5.17. The van der Waals surface area contributed by atoms with Crippen LogP contribution in [0.5, 0.6) is 11.5 Å².